The molecule has 0 spiro atoms. The van der Waals surface area contributed by atoms with Crippen LogP contribution in [0.15, 0.2) is 36.5 Å². The molecule has 6 heteroatoms. The van der Waals surface area contributed by atoms with Gasteiger partial charge in [-0.2, -0.15) is 0 Å². The molecule has 0 fully saturated rings. The summed E-state index contributed by atoms with van der Waals surface area (Å²) < 4.78 is 5.96. The number of hydrogen-bond donors (Lipinski definition) is 3. The molecule has 0 rings (SSSR count). The molecule has 0 aliphatic carbocycles. The van der Waals surface area contributed by atoms with Gasteiger partial charge in [0.2, 0.25) is 5.91 Å². The number of hydrogen-bond acceptors (Lipinski definition) is 5. The molecule has 0 aromatic carbocycles. The number of ether oxygens (including phenoxy) is 1. The van der Waals surface area contributed by atoms with E-state index in [-0.39, 0.29) is 24.9 Å². The van der Waals surface area contributed by atoms with Crippen LogP contribution >= 0.6 is 0 Å². The summed E-state index contributed by atoms with van der Waals surface area (Å²) in [6, 6.07) is -0.701. The Hall–Kier alpha value is -1.92. The van der Waals surface area contributed by atoms with E-state index in [2.05, 4.69) is 62.5 Å². The number of allylic oxidation sites excluding steroid dienone is 6. The van der Waals surface area contributed by atoms with E-state index in [9.17, 15) is 19.8 Å². The Morgan fingerprint density at radius 2 is 0.831 bits per heavy atom. The van der Waals surface area contributed by atoms with E-state index in [1.165, 1.54) is 186 Å². The number of esters is 1. The molecule has 0 saturated carbocycles. The molecule has 0 heterocycles. The van der Waals surface area contributed by atoms with E-state index in [1.54, 1.807) is 0 Å². The SMILES string of the molecule is CC/C=C/C/C=C/C/C=C/CCCCCCCCC(=O)OC(CCCCCCCCCCCCCCCCC)CC(=O)NC(CO)C(O)CCCCCCCCCCCCCCCCC. The molecule has 0 aliphatic rings. The van der Waals surface area contributed by atoms with E-state index in [1.807, 2.05) is 0 Å². The number of aliphatic hydroxyl groups excluding tert-OH is 2. The Morgan fingerprint density at radius 3 is 1.26 bits per heavy atom. The highest BCUT2D eigenvalue weighted by Gasteiger charge is 2.24. The van der Waals surface area contributed by atoms with Gasteiger partial charge in [-0.15, -0.1) is 0 Å². The standard InChI is InChI=1S/C59H111NO5/c1-4-7-10-13-16-19-22-25-28-31-34-37-40-43-46-49-52-59(64)65-55(50-47-44-41-38-35-32-29-26-23-20-17-14-11-8-5-2)53-58(63)60-56(54-61)57(62)51-48-45-42-39-36-33-30-27-24-21-18-15-12-9-6-3/h7,10,16,19,25,28,55-57,61-62H,4-6,8-9,11-15,17-18,20-24,26-27,29-54H2,1-3H3,(H,60,63)/b10-7+,19-16+,28-25+. The monoisotopic (exact) mass is 914 g/mol. The molecule has 3 N–H and O–H groups in total. The molecular weight excluding hydrogens is 803 g/mol. The van der Waals surface area contributed by atoms with Crippen molar-refractivity contribution in [1.82, 2.24) is 5.32 Å². The third-order valence-corrected chi connectivity index (χ3v) is 13.2. The highest BCUT2D eigenvalue weighted by atomic mass is 16.5. The third kappa shape index (κ3) is 48.3. The van der Waals surface area contributed by atoms with Crippen LogP contribution in [0.1, 0.15) is 303 Å². The van der Waals surface area contributed by atoms with E-state index in [0.717, 1.165) is 70.6 Å². The van der Waals surface area contributed by atoms with Crippen molar-refractivity contribution < 1.29 is 24.5 Å². The minimum Gasteiger partial charge on any atom is -0.462 e. The van der Waals surface area contributed by atoms with Crippen molar-refractivity contribution in [3.8, 4) is 0 Å². The molecule has 382 valence electrons. The minimum absolute atomic E-state index is 0.0769. The number of carbonyl (C=O) groups excluding carboxylic acids is 2. The summed E-state index contributed by atoms with van der Waals surface area (Å²) in [5.74, 6) is -0.472. The van der Waals surface area contributed by atoms with E-state index in [4.69, 9.17) is 4.74 Å². The first-order valence-electron chi connectivity index (χ1n) is 28.7. The van der Waals surface area contributed by atoms with Crippen molar-refractivity contribution in [3.63, 3.8) is 0 Å². The predicted molar refractivity (Wildman–Crippen MR) is 282 cm³/mol. The van der Waals surface area contributed by atoms with Crippen LogP contribution in [0.2, 0.25) is 0 Å². The molecule has 0 aliphatic heterocycles. The molecular formula is C59H111NO5. The Kier molecular flexibility index (Phi) is 51.5. The van der Waals surface area contributed by atoms with E-state index in [0.29, 0.717) is 19.3 Å². The second-order valence-corrected chi connectivity index (χ2v) is 19.7. The molecule has 0 radical (unpaired) electrons. The molecule has 3 atom stereocenters. The Bertz CT molecular complexity index is 1070. The van der Waals surface area contributed by atoms with Crippen LogP contribution in [0, 0.1) is 0 Å². The van der Waals surface area contributed by atoms with Crippen LogP contribution in [-0.4, -0.2) is 46.9 Å². The lowest BCUT2D eigenvalue weighted by Crippen LogP contribution is -2.46. The predicted octanol–water partition coefficient (Wildman–Crippen LogP) is 17.6. The molecule has 6 nitrogen and oxygen atoms in total. The number of unbranched alkanes of at least 4 members (excludes halogenated alkanes) is 34. The number of nitrogens with one attached hydrogen (secondary N) is 1. The van der Waals surface area contributed by atoms with Crippen LogP contribution < -0.4 is 5.32 Å². The van der Waals surface area contributed by atoms with Crippen LogP contribution in [0.3, 0.4) is 0 Å². The van der Waals surface area contributed by atoms with Crippen molar-refractivity contribution in [2.75, 3.05) is 6.61 Å². The summed E-state index contributed by atoms with van der Waals surface area (Å²) in [6.45, 7) is 6.41. The number of aliphatic hydroxyl groups is 2. The summed E-state index contributed by atoms with van der Waals surface area (Å²) in [7, 11) is 0. The smallest absolute Gasteiger partial charge is 0.306 e. The molecule has 65 heavy (non-hydrogen) atoms. The topological polar surface area (TPSA) is 95.9 Å². The van der Waals surface area contributed by atoms with Crippen molar-refractivity contribution in [2.45, 2.75) is 322 Å². The second-order valence-electron chi connectivity index (χ2n) is 19.7. The maximum Gasteiger partial charge on any atom is 0.306 e. The number of amides is 1. The average molecular weight is 915 g/mol. The molecule has 0 aromatic rings. The van der Waals surface area contributed by atoms with Gasteiger partial charge in [-0.05, 0) is 57.8 Å². The Balaban J connectivity index is 4.54. The van der Waals surface area contributed by atoms with Crippen LogP contribution in [0.5, 0.6) is 0 Å². The molecule has 0 aromatic heterocycles. The van der Waals surface area contributed by atoms with Gasteiger partial charge in [-0.3, -0.25) is 9.59 Å². The lowest BCUT2D eigenvalue weighted by molar-refractivity contribution is -0.151. The Morgan fingerprint density at radius 1 is 0.462 bits per heavy atom. The van der Waals surface area contributed by atoms with Crippen molar-refractivity contribution in [3.05, 3.63) is 36.5 Å². The molecule has 0 bridgehead atoms. The zero-order valence-electron chi connectivity index (χ0n) is 43.6. The van der Waals surface area contributed by atoms with Gasteiger partial charge in [0.1, 0.15) is 6.10 Å². The fraction of sp³-hybridized carbons (Fsp3) is 0.864. The summed E-state index contributed by atoms with van der Waals surface area (Å²) in [6.07, 6.45) is 63.5. The minimum atomic E-state index is -0.788. The van der Waals surface area contributed by atoms with Gasteiger partial charge in [0.25, 0.3) is 0 Å². The fourth-order valence-corrected chi connectivity index (χ4v) is 8.92. The summed E-state index contributed by atoms with van der Waals surface area (Å²) in [4.78, 5) is 26.3. The Labute approximate surface area is 404 Å². The third-order valence-electron chi connectivity index (χ3n) is 13.2. The molecule has 3 unspecified atom stereocenters. The van der Waals surface area contributed by atoms with Crippen molar-refractivity contribution in [2.24, 2.45) is 0 Å². The van der Waals surface area contributed by atoms with E-state index >= 15 is 0 Å². The molecule has 0 saturated heterocycles. The van der Waals surface area contributed by atoms with Gasteiger partial charge in [0.05, 0.1) is 25.2 Å². The maximum atomic E-state index is 13.3. The van der Waals surface area contributed by atoms with Gasteiger partial charge in [-0.25, -0.2) is 0 Å². The first kappa shape index (κ1) is 63.1. The van der Waals surface area contributed by atoms with Crippen LogP contribution in [-0.2, 0) is 14.3 Å². The van der Waals surface area contributed by atoms with Gasteiger partial charge >= 0.3 is 5.97 Å². The maximum absolute atomic E-state index is 13.3. The average Bonchev–Trinajstić information content (AvgIpc) is 3.30. The normalized spacial score (nSPS) is 13.4. The highest BCUT2D eigenvalue weighted by molar-refractivity contribution is 5.77. The fourth-order valence-electron chi connectivity index (χ4n) is 8.92. The number of rotatable bonds is 52. The van der Waals surface area contributed by atoms with E-state index < -0.39 is 18.2 Å². The first-order valence-corrected chi connectivity index (χ1v) is 28.7. The lowest BCUT2D eigenvalue weighted by atomic mass is 10.0. The van der Waals surface area contributed by atoms with Gasteiger partial charge in [-0.1, -0.05) is 269 Å². The summed E-state index contributed by atoms with van der Waals surface area (Å²) in [5, 5.41) is 23.9. The number of carbonyl (C=O) groups is 2. The zero-order valence-corrected chi connectivity index (χ0v) is 43.6. The first-order chi connectivity index (χ1) is 32.0. The highest BCUT2D eigenvalue weighted by Crippen LogP contribution is 2.19. The van der Waals surface area contributed by atoms with Gasteiger partial charge in [0, 0.05) is 6.42 Å². The lowest BCUT2D eigenvalue weighted by Gasteiger charge is -2.24. The van der Waals surface area contributed by atoms with Crippen molar-refractivity contribution >= 4 is 11.9 Å². The second kappa shape index (κ2) is 53.0. The van der Waals surface area contributed by atoms with Crippen LogP contribution in [0.4, 0.5) is 0 Å². The summed E-state index contributed by atoms with van der Waals surface area (Å²) >= 11 is 0. The summed E-state index contributed by atoms with van der Waals surface area (Å²) in [5.41, 5.74) is 0. The van der Waals surface area contributed by atoms with Crippen molar-refractivity contribution in [1.29, 1.82) is 0 Å². The zero-order chi connectivity index (χ0) is 47.4. The van der Waals surface area contributed by atoms with Crippen LogP contribution in [0.25, 0.3) is 0 Å². The molecule has 1 amide bonds. The van der Waals surface area contributed by atoms with Gasteiger partial charge < -0.3 is 20.3 Å². The largest absolute Gasteiger partial charge is 0.462 e. The van der Waals surface area contributed by atoms with Gasteiger partial charge in [0.15, 0.2) is 0 Å². The quantitative estimate of drug-likeness (QED) is 0.0321.